The molecule has 1 aromatic carbocycles. The average Bonchev–Trinajstić information content (AvgIpc) is 3.14. The summed E-state index contributed by atoms with van der Waals surface area (Å²) in [4.78, 5) is 32.9. The summed E-state index contributed by atoms with van der Waals surface area (Å²) >= 11 is 0. The first-order valence-electron chi connectivity index (χ1n) is 8.67. The standard InChI is InChI=1S/C19H22N4O3/c1-12-20-16(18(24)22-13-7-3-4-8-13)11-17(21-12)23-15-10-6-5-9-14(15)19(25)26-2/h5-6,9-11,13H,3-4,7-8H2,1-2H3,(H,22,24)(H,20,21,23). The number of anilines is 2. The van der Waals surface area contributed by atoms with Crippen LogP contribution in [0, 0.1) is 6.92 Å². The van der Waals surface area contributed by atoms with Crippen molar-refractivity contribution in [2.24, 2.45) is 0 Å². The summed E-state index contributed by atoms with van der Waals surface area (Å²) in [5.41, 5.74) is 1.25. The van der Waals surface area contributed by atoms with Gasteiger partial charge in [-0.2, -0.15) is 0 Å². The summed E-state index contributed by atoms with van der Waals surface area (Å²) in [6.07, 6.45) is 4.30. The third-order valence-electron chi connectivity index (χ3n) is 4.36. The molecular weight excluding hydrogens is 332 g/mol. The summed E-state index contributed by atoms with van der Waals surface area (Å²) in [7, 11) is 1.33. The number of rotatable bonds is 5. The Hall–Kier alpha value is -2.96. The Morgan fingerprint density at radius 3 is 2.62 bits per heavy atom. The molecule has 1 aliphatic carbocycles. The van der Waals surface area contributed by atoms with Gasteiger partial charge in [0.25, 0.3) is 5.91 Å². The highest BCUT2D eigenvalue weighted by Crippen LogP contribution is 2.22. The molecule has 0 atom stereocenters. The van der Waals surface area contributed by atoms with Gasteiger partial charge >= 0.3 is 5.97 Å². The maximum atomic E-state index is 12.5. The number of methoxy groups -OCH3 is 1. The van der Waals surface area contributed by atoms with Gasteiger partial charge in [-0.1, -0.05) is 25.0 Å². The van der Waals surface area contributed by atoms with Gasteiger partial charge in [0, 0.05) is 12.1 Å². The summed E-state index contributed by atoms with van der Waals surface area (Å²) in [6.45, 7) is 1.73. The van der Waals surface area contributed by atoms with Crippen molar-refractivity contribution in [3.05, 3.63) is 47.4 Å². The van der Waals surface area contributed by atoms with Crippen LogP contribution in [0.4, 0.5) is 11.5 Å². The van der Waals surface area contributed by atoms with Gasteiger partial charge in [-0.25, -0.2) is 14.8 Å². The van der Waals surface area contributed by atoms with Crippen molar-refractivity contribution in [2.45, 2.75) is 38.6 Å². The van der Waals surface area contributed by atoms with E-state index in [-0.39, 0.29) is 11.9 Å². The molecule has 0 bridgehead atoms. The first-order chi connectivity index (χ1) is 12.6. The van der Waals surface area contributed by atoms with Crippen LogP contribution >= 0.6 is 0 Å². The number of esters is 1. The minimum absolute atomic E-state index is 0.202. The molecule has 7 nitrogen and oxygen atoms in total. The number of carbonyl (C=O) groups excluding carboxylic acids is 2. The Labute approximate surface area is 152 Å². The van der Waals surface area contributed by atoms with Crippen molar-refractivity contribution in [1.29, 1.82) is 0 Å². The zero-order valence-electron chi connectivity index (χ0n) is 14.9. The Kier molecular flexibility index (Phi) is 5.46. The third kappa shape index (κ3) is 4.17. The first-order valence-corrected chi connectivity index (χ1v) is 8.67. The molecule has 7 heteroatoms. The predicted octanol–water partition coefficient (Wildman–Crippen LogP) is 2.99. The number of ether oxygens (including phenoxy) is 1. The van der Waals surface area contributed by atoms with E-state index in [1.54, 1.807) is 37.3 Å². The summed E-state index contributed by atoms with van der Waals surface area (Å²) in [5, 5.41) is 6.11. The predicted molar refractivity (Wildman–Crippen MR) is 97.6 cm³/mol. The molecule has 2 aromatic rings. The average molecular weight is 354 g/mol. The molecule has 1 fully saturated rings. The summed E-state index contributed by atoms with van der Waals surface area (Å²) in [5.74, 6) is 0.275. The van der Waals surface area contributed by atoms with Crippen LogP contribution in [0.1, 0.15) is 52.4 Å². The van der Waals surface area contributed by atoms with Gasteiger partial charge < -0.3 is 15.4 Å². The molecule has 136 valence electrons. The summed E-state index contributed by atoms with van der Waals surface area (Å²) in [6, 6.07) is 8.78. The van der Waals surface area contributed by atoms with Crippen LogP contribution in [0.25, 0.3) is 0 Å². The number of nitrogens with one attached hydrogen (secondary N) is 2. The molecule has 1 aromatic heterocycles. The van der Waals surface area contributed by atoms with Gasteiger partial charge in [-0.3, -0.25) is 4.79 Å². The highest BCUT2D eigenvalue weighted by Gasteiger charge is 2.20. The van der Waals surface area contributed by atoms with Gasteiger partial charge in [0.15, 0.2) is 0 Å². The SMILES string of the molecule is COC(=O)c1ccccc1Nc1cc(C(=O)NC2CCCC2)nc(C)n1. The zero-order valence-corrected chi connectivity index (χ0v) is 14.9. The van der Waals surface area contributed by atoms with Gasteiger partial charge in [-0.05, 0) is 31.9 Å². The molecule has 0 radical (unpaired) electrons. The molecule has 1 amide bonds. The van der Waals surface area contributed by atoms with E-state index >= 15 is 0 Å². The van der Waals surface area contributed by atoms with E-state index in [0.717, 1.165) is 25.7 Å². The van der Waals surface area contributed by atoms with E-state index in [1.165, 1.54) is 7.11 Å². The fourth-order valence-electron chi connectivity index (χ4n) is 3.10. The largest absolute Gasteiger partial charge is 0.465 e. The second kappa shape index (κ2) is 7.95. The Morgan fingerprint density at radius 2 is 1.88 bits per heavy atom. The van der Waals surface area contributed by atoms with Crippen LogP contribution < -0.4 is 10.6 Å². The van der Waals surface area contributed by atoms with Crippen molar-refractivity contribution in [3.63, 3.8) is 0 Å². The van der Waals surface area contributed by atoms with Gasteiger partial charge in [0.2, 0.25) is 0 Å². The van der Waals surface area contributed by atoms with Crippen molar-refractivity contribution < 1.29 is 14.3 Å². The number of benzene rings is 1. The van der Waals surface area contributed by atoms with Crippen LogP contribution in [0.15, 0.2) is 30.3 Å². The first kappa shape index (κ1) is 17.8. The normalized spacial score (nSPS) is 14.1. The van der Waals surface area contributed by atoms with E-state index in [1.807, 2.05) is 0 Å². The Morgan fingerprint density at radius 1 is 1.15 bits per heavy atom. The molecule has 0 aliphatic heterocycles. The number of nitrogens with zero attached hydrogens (tertiary/aromatic N) is 2. The van der Waals surface area contributed by atoms with Crippen molar-refractivity contribution >= 4 is 23.4 Å². The number of carbonyl (C=O) groups is 2. The molecule has 1 saturated carbocycles. The molecule has 26 heavy (non-hydrogen) atoms. The molecule has 1 heterocycles. The lowest BCUT2D eigenvalue weighted by Crippen LogP contribution is -2.33. The molecule has 0 unspecified atom stereocenters. The van der Waals surface area contributed by atoms with Gasteiger partial charge in [0.1, 0.15) is 17.3 Å². The van der Waals surface area contributed by atoms with E-state index in [0.29, 0.717) is 28.6 Å². The van der Waals surface area contributed by atoms with Crippen LogP contribution in [0.3, 0.4) is 0 Å². The maximum absolute atomic E-state index is 12.5. The third-order valence-corrected chi connectivity index (χ3v) is 4.36. The smallest absolute Gasteiger partial charge is 0.339 e. The van der Waals surface area contributed by atoms with Crippen LogP contribution in [0.2, 0.25) is 0 Å². The highest BCUT2D eigenvalue weighted by atomic mass is 16.5. The van der Waals surface area contributed by atoms with E-state index in [4.69, 9.17) is 4.74 Å². The number of amides is 1. The number of aryl methyl sites for hydroxylation is 1. The second-order valence-electron chi connectivity index (χ2n) is 6.30. The lowest BCUT2D eigenvalue weighted by Gasteiger charge is -2.13. The van der Waals surface area contributed by atoms with E-state index in [2.05, 4.69) is 20.6 Å². The van der Waals surface area contributed by atoms with Crippen molar-refractivity contribution in [2.75, 3.05) is 12.4 Å². The number of hydrogen-bond donors (Lipinski definition) is 2. The van der Waals surface area contributed by atoms with Gasteiger partial charge in [-0.15, -0.1) is 0 Å². The topological polar surface area (TPSA) is 93.2 Å². The Bertz CT molecular complexity index is 816. The molecule has 0 spiro atoms. The molecule has 0 saturated heterocycles. The molecule has 3 rings (SSSR count). The summed E-state index contributed by atoms with van der Waals surface area (Å²) < 4.78 is 4.80. The van der Waals surface area contributed by atoms with Crippen LogP contribution in [0.5, 0.6) is 0 Å². The number of aromatic nitrogens is 2. The van der Waals surface area contributed by atoms with E-state index in [9.17, 15) is 9.59 Å². The maximum Gasteiger partial charge on any atom is 0.339 e. The van der Waals surface area contributed by atoms with E-state index < -0.39 is 5.97 Å². The Balaban J connectivity index is 1.82. The van der Waals surface area contributed by atoms with Crippen LogP contribution in [-0.4, -0.2) is 35.0 Å². The van der Waals surface area contributed by atoms with Crippen molar-refractivity contribution in [1.82, 2.24) is 15.3 Å². The molecular formula is C19H22N4O3. The van der Waals surface area contributed by atoms with Crippen molar-refractivity contribution in [3.8, 4) is 0 Å². The lowest BCUT2D eigenvalue weighted by atomic mass is 10.2. The molecule has 1 aliphatic rings. The minimum Gasteiger partial charge on any atom is -0.465 e. The van der Waals surface area contributed by atoms with Crippen LogP contribution in [-0.2, 0) is 4.74 Å². The second-order valence-corrected chi connectivity index (χ2v) is 6.30. The quantitative estimate of drug-likeness (QED) is 0.802. The number of hydrogen-bond acceptors (Lipinski definition) is 6. The van der Waals surface area contributed by atoms with Gasteiger partial charge in [0.05, 0.1) is 18.4 Å². The fraction of sp³-hybridized carbons (Fsp3) is 0.368. The lowest BCUT2D eigenvalue weighted by molar-refractivity contribution is 0.0601. The zero-order chi connectivity index (χ0) is 18.5. The highest BCUT2D eigenvalue weighted by molar-refractivity contribution is 5.97. The minimum atomic E-state index is -0.446. The molecule has 2 N–H and O–H groups in total. The number of para-hydroxylation sites is 1. The monoisotopic (exact) mass is 354 g/mol. The fourth-order valence-corrected chi connectivity index (χ4v) is 3.10.